The first-order valence-electron chi connectivity index (χ1n) is 22.2. The Morgan fingerprint density at radius 1 is 0.319 bits per heavy atom. The average molecular weight is 666 g/mol. The molecule has 47 heavy (non-hydrogen) atoms. The molecular formula is C44H91NO2. The molecule has 0 amide bonds. The first kappa shape index (κ1) is 46.9. The summed E-state index contributed by atoms with van der Waals surface area (Å²) in [7, 11) is 0. The Labute approximate surface area is 298 Å². The van der Waals surface area contributed by atoms with Crippen LogP contribution in [0.25, 0.3) is 0 Å². The molecule has 3 heteroatoms. The van der Waals surface area contributed by atoms with Gasteiger partial charge >= 0.3 is 0 Å². The van der Waals surface area contributed by atoms with Crippen LogP contribution in [0.4, 0.5) is 0 Å². The zero-order valence-electron chi connectivity index (χ0n) is 33.4. The Hall–Kier alpha value is -0.120. The molecule has 0 saturated carbocycles. The van der Waals surface area contributed by atoms with Gasteiger partial charge in [-0.15, -0.1) is 0 Å². The minimum atomic E-state index is 0.0287. The predicted octanol–water partition coefficient (Wildman–Crippen LogP) is 15.0. The Morgan fingerprint density at radius 2 is 0.596 bits per heavy atom. The van der Waals surface area contributed by atoms with Crippen LogP contribution < -0.4 is 0 Å². The summed E-state index contributed by atoms with van der Waals surface area (Å²) in [4.78, 5) is 2.71. The van der Waals surface area contributed by atoms with E-state index in [4.69, 9.17) is 9.47 Å². The molecule has 0 radical (unpaired) electrons. The van der Waals surface area contributed by atoms with Gasteiger partial charge in [0.1, 0.15) is 0 Å². The Bertz CT molecular complexity index is 523. The first-order valence-corrected chi connectivity index (χ1v) is 22.2. The van der Waals surface area contributed by atoms with Crippen molar-refractivity contribution in [3.63, 3.8) is 0 Å². The Kier molecular flexibility index (Phi) is 41.9. The highest BCUT2D eigenvalue weighted by Gasteiger charge is 2.10. The smallest absolute Gasteiger partial charge is 0.157 e. The van der Waals surface area contributed by atoms with Gasteiger partial charge in [-0.3, -0.25) is 0 Å². The molecule has 3 nitrogen and oxygen atoms in total. The molecule has 0 aliphatic rings. The highest BCUT2D eigenvalue weighted by Crippen LogP contribution is 2.16. The van der Waals surface area contributed by atoms with Crippen LogP contribution in [0, 0.1) is 0 Å². The van der Waals surface area contributed by atoms with Gasteiger partial charge in [0.15, 0.2) is 6.29 Å². The van der Waals surface area contributed by atoms with Crippen molar-refractivity contribution in [1.29, 1.82) is 0 Å². The molecule has 0 aromatic heterocycles. The SMILES string of the molecule is CCCCCCCCCCCCCCCCN(CC)CCCCCCCCCC(OCCCCCCCC)OCCCCCCCC. The zero-order valence-corrected chi connectivity index (χ0v) is 33.4. The maximum atomic E-state index is 6.24. The van der Waals surface area contributed by atoms with E-state index < -0.39 is 0 Å². The number of hydrogen-bond donors (Lipinski definition) is 0. The van der Waals surface area contributed by atoms with Gasteiger partial charge in [0.2, 0.25) is 0 Å². The molecule has 0 fully saturated rings. The first-order chi connectivity index (χ1) is 23.3. The molecular weight excluding hydrogens is 574 g/mol. The molecule has 0 spiro atoms. The van der Waals surface area contributed by atoms with E-state index >= 15 is 0 Å². The van der Waals surface area contributed by atoms with Crippen LogP contribution in [0.1, 0.15) is 246 Å². The van der Waals surface area contributed by atoms with Crippen molar-refractivity contribution in [2.45, 2.75) is 252 Å². The summed E-state index contributed by atoms with van der Waals surface area (Å²) < 4.78 is 12.5. The number of unbranched alkanes of at least 4 members (excludes halogenated alkanes) is 29. The molecule has 0 aromatic rings. The molecule has 284 valence electrons. The van der Waals surface area contributed by atoms with Gasteiger partial charge in [0.05, 0.1) is 0 Å². The maximum absolute atomic E-state index is 6.24. The van der Waals surface area contributed by atoms with E-state index in [-0.39, 0.29) is 6.29 Å². The minimum Gasteiger partial charge on any atom is -0.353 e. The molecule has 0 unspecified atom stereocenters. The van der Waals surface area contributed by atoms with Crippen molar-refractivity contribution in [3.05, 3.63) is 0 Å². The van der Waals surface area contributed by atoms with Crippen molar-refractivity contribution >= 4 is 0 Å². The van der Waals surface area contributed by atoms with Gasteiger partial charge in [-0.05, 0) is 58.2 Å². The maximum Gasteiger partial charge on any atom is 0.157 e. The topological polar surface area (TPSA) is 21.7 Å². The largest absolute Gasteiger partial charge is 0.353 e. The van der Waals surface area contributed by atoms with Gasteiger partial charge in [0, 0.05) is 13.2 Å². The molecule has 0 rings (SSSR count). The molecule has 0 heterocycles. The van der Waals surface area contributed by atoms with Crippen LogP contribution in [-0.4, -0.2) is 44.0 Å². The van der Waals surface area contributed by atoms with Crippen LogP contribution >= 0.6 is 0 Å². The normalized spacial score (nSPS) is 11.9. The quantitative estimate of drug-likeness (QED) is 0.0478. The molecule has 0 aliphatic carbocycles. The van der Waals surface area contributed by atoms with Crippen LogP contribution in [0.3, 0.4) is 0 Å². The molecule has 0 saturated heterocycles. The molecule has 0 aromatic carbocycles. The number of nitrogens with zero attached hydrogens (tertiary/aromatic N) is 1. The molecule has 0 bridgehead atoms. The van der Waals surface area contributed by atoms with E-state index in [1.165, 1.54) is 232 Å². The lowest BCUT2D eigenvalue weighted by Crippen LogP contribution is -2.25. The van der Waals surface area contributed by atoms with Crippen LogP contribution in [0.5, 0.6) is 0 Å². The monoisotopic (exact) mass is 666 g/mol. The van der Waals surface area contributed by atoms with Crippen molar-refractivity contribution in [3.8, 4) is 0 Å². The lowest BCUT2D eigenvalue weighted by molar-refractivity contribution is -0.148. The average Bonchev–Trinajstić information content (AvgIpc) is 3.08. The number of rotatable bonds is 42. The van der Waals surface area contributed by atoms with E-state index in [0.29, 0.717) is 0 Å². The minimum absolute atomic E-state index is 0.0287. The van der Waals surface area contributed by atoms with Crippen LogP contribution in [-0.2, 0) is 9.47 Å². The summed E-state index contributed by atoms with van der Waals surface area (Å²) in [5.74, 6) is 0. The standard InChI is InChI=1S/C44H91NO2/c1-5-9-12-15-18-19-20-21-22-23-24-27-30-35-40-45(8-4)41-36-31-28-25-26-29-34-39-44(46-42-37-32-16-13-10-6-2)47-43-38-33-17-14-11-7-3/h44H,5-43H2,1-4H3. The second kappa shape index (κ2) is 42.0. The summed E-state index contributed by atoms with van der Waals surface area (Å²) in [6, 6.07) is 0. The predicted molar refractivity (Wildman–Crippen MR) is 212 cm³/mol. The van der Waals surface area contributed by atoms with Gasteiger partial charge in [-0.1, -0.05) is 207 Å². The fourth-order valence-corrected chi connectivity index (χ4v) is 6.90. The fourth-order valence-electron chi connectivity index (χ4n) is 6.90. The summed E-state index contributed by atoms with van der Waals surface area (Å²) >= 11 is 0. The zero-order chi connectivity index (χ0) is 34.1. The van der Waals surface area contributed by atoms with Gasteiger partial charge < -0.3 is 14.4 Å². The Morgan fingerprint density at radius 3 is 0.915 bits per heavy atom. The fraction of sp³-hybridized carbons (Fsp3) is 1.00. The second-order valence-corrected chi connectivity index (χ2v) is 15.0. The van der Waals surface area contributed by atoms with Crippen molar-refractivity contribution in [2.75, 3.05) is 32.8 Å². The van der Waals surface area contributed by atoms with E-state index in [1.807, 2.05) is 0 Å². The molecule has 0 N–H and O–H groups in total. The lowest BCUT2D eigenvalue weighted by Gasteiger charge is -2.20. The molecule has 0 atom stereocenters. The van der Waals surface area contributed by atoms with E-state index in [0.717, 1.165) is 19.6 Å². The van der Waals surface area contributed by atoms with Gasteiger partial charge in [-0.25, -0.2) is 0 Å². The van der Waals surface area contributed by atoms with Crippen LogP contribution in [0.2, 0.25) is 0 Å². The highest BCUT2D eigenvalue weighted by molar-refractivity contribution is 4.58. The summed E-state index contributed by atoms with van der Waals surface area (Å²) in [5.41, 5.74) is 0. The highest BCUT2D eigenvalue weighted by atomic mass is 16.7. The third-order valence-electron chi connectivity index (χ3n) is 10.3. The van der Waals surface area contributed by atoms with E-state index in [9.17, 15) is 0 Å². The number of ether oxygens (including phenoxy) is 2. The van der Waals surface area contributed by atoms with Crippen molar-refractivity contribution in [1.82, 2.24) is 4.90 Å². The van der Waals surface area contributed by atoms with Gasteiger partial charge in [0.25, 0.3) is 0 Å². The van der Waals surface area contributed by atoms with Crippen molar-refractivity contribution < 1.29 is 9.47 Å². The summed E-state index contributed by atoms with van der Waals surface area (Å²) in [6.45, 7) is 14.8. The third kappa shape index (κ3) is 38.5. The van der Waals surface area contributed by atoms with E-state index in [1.54, 1.807) is 0 Å². The van der Waals surface area contributed by atoms with E-state index in [2.05, 4.69) is 32.6 Å². The van der Waals surface area contributed by atoms with Gasteiger partial charge in [-0.2, -0.15) is 0 Å². The Balaban J connectivity index is 3.75. The van der Waals surface area contributed by atoms with Crippen LogP contribution in [0.15, 0.2) is 0 Å². The van der Waals surface area contributed by atoms with Crippen molar-refractivity contribution in [2.24, 2.45) is 0 Å². The third-order valence-corrected chi connectivity index (χ3v) is 10.3. The summed E-state index contributed by atoms with van der Waals surface area (Å²) in [6.07, 6.45) is 46.8. The second-order valence-electron chi connectivity index (χ2n) is 15.0. The lowest BCUT2D eigenvalue weighted by atomic mass is 10.0. The number of hydrogen-bond acceptors (Lipinski definition) is 3. The summed E-state index contributed by atoms with van der Waals surface area (Å²) in [5, 5.41) is 0. The molecule has 0 aliphatic heterocycles.